The molecule has 1 heterocycles. The molecule has 0 spiro atoms. The highest BCUT2D eigenvalue weighted by Gasteiger charge is 2.32. The molecule has 0 unspecified atom stereocenters. The third kappa shape index (κ3) is 5.77. The summed E-state index contributed by atoms with van der Waals surface area (Å²) in [6, 6.07) is 7.13. The van der Waals surface area contributed by atoms with Crippen molar-refractivity contribution >= 4 is 15.9 Å². The predicted molar refractivity (Wildman–Crippen MR) is 106 cm³/mol. The summed E-state index contributed by atoms with van der Waals surface area (Å²) < 4.78 is 32.2. The first-order valence-electron chi connectivity index (χ1n) is 9.53. The number of rotatable bonds is 7. The first kappa shape index (κ1) is 21.9. The highest BCUT2D eigenvalue weighted by atomic mass is 32.2. The van der Waals surface area contributed by atoms with E-state index in [9.17, 15) is 13.2 Å². The molecule has 1 amide bonds. The van der Waals surface area contributed by atoms with Crippen LogP contribution in [0.15, 0.2) is 29.2 Å². The van der Waals surface area contributed by atoms with Crippen molar-refractivity contribution in [1.29, 1.82) is 0 Å². The van der Waals surface area contributed by atoms with Crippen LogP contribution in [-0.4, -0.2) is 52.0 Å². The molecule has 152 valence electrons. The van der Waals surface area contributed by atoms with E-state index in [1.807, 2.05) is 12.1 Å². The minimum Gasteiger partial charge on any atom is -0.385 e. The number of benzene rings is 1. The number of ether oxygens (including phenoxy) is 1. The summed E-state index contributed by atoms with van der Waals surface area (Å²) in [7, 11) is -1.88. The lowest BCUT2D eigenvalue weighted by Crippen LogP contribution is -2.43. The van der Waals surface area contributed by atoms with E-state index in [0.717, 1.165) is 12.0 Å². The Morgan fingerprint density at radius 1 is 1.19 bits per heavy atom. The van der Waals surface area contributed by atoms with Crippen molar-refractivity contribution in [2.75, 3.05) is 33.4 Å². The molecule has 0 atom stereocenters. The number of carbonyl (C=O) groups excluding carboxylic acids is 1. The first-order chi connectivity index (χ1) is 12.7. The Morgan fingerprint density at radius 2 is 1.78 bits per heavy atom. The number of methoxy groups -OCH3 is 1. The van der Waals surface area contributed by atoms with Gasteiger partial charge in [-0.05, 0) is 42.4 Å². The normalized spacial score (nSPS) is 17.0. The van der Waals surface area contributed by atoms with E-state index in [-0.39, 0.29) is 17.2 Å². The van der Waals surface area contributed by atoms with Crippen LogP contribution in [0.25, 0.3) is 0 Å². The van der Waals surface area contributed by atoms with E-state index >= 15 is 0 Å². The minimum absolute atomic E-state index is 0.0117. The van der Waals surface area contributed by atoms with Gasteiger partial charge in [0.05, 0.1) is 4.90 Å². The molecular formula is C20H32N2O4S. The molecule has 27 heavy (non-hydrogen) atoms. The number of sulfonamides is 1. The summed E-state index contributed by atoms with van der Waals surface area (Å²) in [6.07, 6.45) is 1.88. The van der Waals surface area contributed by atoms with Crippen molar-refractivity contribution in [3.05, 3.63) is 29.8 Å². The van der Waals surface area contributed by atoms with Crippen LogP contribution in [-0.2, 0) is 25.0 Å². The Kier molecular flexibility index (Phi) is 7.42. The lowest BCUT2D eigenvalue weighted by Gasteiger charge is -2.30. The Bertz CT molecular complexity index is 715. The maximum Gasteiger partial charge on any atom is 0.243 e. The van der Waals surface area contributed by atoms with Gasteiger partial charge in [-0.2, -0.15) is 4.31 Å². The Labute approximate surface area is 163 Å². The van der Waals surface area contributed by atoms with Crippen LogP contribution >= 0.6 is 0 Å². The SMILES string of the molecule is COCCCNC(=O)C1CCN(S(=O)(=O)c2ccc(C(C)(C)C)cc2)CC1. The van der Waals surface area contributed by atoms with Gasteiger partial charge in [0.1, 0.15) is 0 Å². The van der Waals surface area contributed by atoms with Crippen LogP contribution in [0.5, 0.6) is 0 Å². The van der Waals surface area contributed by atoms with Crippen molar-refractivity contribution in [3.63, 3.8) is 0 Å². The van der Waals surface area contributed by atoms with Gasteiger partial charge in [-0.1, -0.05) is 32.9 Å². The van der Waals surface area contributed by atoms with Crippen molar-refractivity contribution in [2.24, 2.45) is 5.92 Å². The zero-order valence-corrected chi connectivity index (χ0v) is 17.6. The minimum atomic E-state index is -3.51. The van der Waals surface area contributed by atoms with Gasteiger partial charge in [0.25, 0.3) is 0 Å². The van der Waals surface area contributed by atoms with E-state index in [0.29, 0.717) is 44.0 Å². The summed E-state index contributed by atoms with van der Waals surface area (Å²) in [5.41, 5.74) is 1.09. The molecular weight excluding hydrogens is 364 g/mol. The average molecular weight is 397 g/mol. The Morgan fingerprint density at radius 3 is 2.30 bits per heavy atom. The molecule has 0 bridgehead atoms. The third-order valence-corrected chi connectivity index (χ3v) is 6.92. The molecule has 0 aromatic heterocycles. The summed E-state index contributed by atoms with van der Waals surface area (Å²) in [4.78, 5) is 12.5. The van der Waals surface area contributed by atoms with Gasteiger partial charge < -0.3 is 10.1 Å². The molecule has 1 N–H and O–H groups in total. The van der Waals surface area contributed by atoms with Crippen LogP contribution in [0.2, 0.25) is 0 Å². The average Bonchev–Trinajstić information content (AvgIpc) is 2.64. The highest BCUT2D eigenvalue weighted by Crippen LogP contribution is 2.27. The molecule has 1 aromatic carbocycles. The molecule has 2 rings (SSSR count). The van der Waals surface area contributed by atoms with Gasteiger partial charge in [0, 0.05) is 39.3 Å². The van der Waals surface area contributed by atoms with Gasteiger partial charge in [0.15, 0.2) is 0 Å². The van der Waals surface area contributed by atoms with E-state index in [1.54, 1.807) is 19.2 Å². The van der Waals surface area contributed by atoms with Gasteiger partial charge in [-0.15, -0.1) is 0 Å². The number of amides is 1. The molecule has 7 heteroatoms. The summed E-state index contributed by atoms with van der Waals surface area (Å²) in [5, 5.41) is 2.91. The zero-order valence-electron chi connectivity index (χ0n) is 16.8. The second-order valence-corrected chi connectivity index (χ2v) is 10.0. The standard InChI is InChI=1S/C20H32N2O4S/c1-20(2,3)17-6-8-18(9-7-17)27(24,25)22-13-10-16(11-14-22)19(23)21-12-5-15-26-4/h6-9,16H,5,10-15H2,1-4H3,(H,21,23). The van der Waals surface area contributed by atoms with Crippen molar-refractivity contribution in [1.82, 2.24) is 9.62 Å². The Hall–Kier alpha value is -1.44. The third-order valence-electron chi connectivity index (χ3n) is 5.01. The largest absolute Gasteiger partial charge is 0.385 e. The lowest BCUT2D eigenvalue weighted by atomic mass is 9.87. The van der Waals surface area contributed by atoms with E-state index in [1.165, 1.54) is 4.31 Å². The molecule has 1 saturated heterocycles. The molecule has 0 radical (unpaired) electrons. The monoisotopic (exact) mass is 396 g/mol. The lowest BCUT2D eigenvalue weighted by molar-refractivity contribution is -0.126. The number of piperidine rings is 1. The topological polar surface area (TPSA) is 75.7 Å². The molecule has 0 saturated carbocycles. The van der Waals surface area contributed by atoms with Crippen molar-refractivity contribution in [3.8, 4) is 0 Å². The van der Waals surface area contributed by atoms with Gasteiger partial charge >= 0.3 is 0 Å². The van der Waals surface area contributed by atoms with Crippen LogP contribution < -0.4 is 5.32 Å². The van der Waals surface area contributed by atoms with Crippen molar-refractivity contribution < 1.29 is 17.9 Å². The zero-order chi connectivity index (χ0) is 20.1. The summed E-state index contributed by atoms with van der Waals surface area (Å²) in [6.45, 7) is 8.25. The second-order valence-electron chi connectivity index (χ2n) is 8.09. The molecule has 1 aliphatic heterocycles. The summed E-state index contributed by atoms with van der Waals surface area (Å²) >= 11 is 0. The van der Waals surface area contributed by atoms with Crippen molar-refractivity contribution in [2.45, 2.75) is 50.3 Å². The fraction of sp³-hybridized carbons (Fsp3) is 0.650. The number of carbonyl (C=O) groups is 1. The quantitative estimate of drug-likeness (QED) is 0.719. The van der Waals surface area contributed by atoms with Crippen LogP contribution in [0, 0.1) is 5.92 Å². The number of hydrogen-bond acceptors (Lipinski definition) is 4. The maximum atomic E-state index is 12.9. The molecule has 0 aliphatic carbocycles. The molecule has 1 aliphatic rings. The van der Waals surface area contributed by atoms with Gasteiger partial charge in [-0.25, -0.2) is 8.42 Å². The second kappa shape index (κ2) is 9.17. The molecule has 1 fully saturated rings. The Balaban J connectivity index is 1.93. The molecule has 6 nitrogen and oxygen atoms in total. The fourth-order valence-corrected chi connectivity index (χ4v) is 4.68. The fourth-order valence-electron chi connectivity index (χ4n) is 3.21. The predicted octanol–water partition coefficient (Wildman–Crippen LogP) is 2.54. The number of nitrogens with one attached hydrogen (secondary N) is 1. The molecule has 1 aromatic rings. The van der Waals surface area contributed by atoms with Gasteiger partial charge in [0.2, 0.25) is 15.9 Å². The van der Waals surface area contributed by atoms with Gasteiger partial charge in [-0.3, -0.25) is 4.79 Å². The maximum absolute atomic E-state index is 12.9. The van der Waals surface area contributed by atoms with Crippen LogP contribution in [0.3, 0.4) is 0 Å². The van der Waals surface area contributed by atoms with Crippen LogP contribution in [0.4, 0.5) is 0 Å². The summed E-state index contributed by atoms with van der Waals surface area (Å²) in [5.74, 6) is -0.111. The highest BCUT2D eigenvalue weighted by molar-refractivity contribution is 7.89. The number of nitrogens with zero attached hydrogens (tertiary/aromatic N) is 1. The van der Waals surface area contributed by atoms with E-state index in [2.05, 4.69) is 26.1 Å². The van der Waals surface area contributed by atoms with E-state index in [4.69, 9.17) is 4.74 Å². The first-order valence-corrected chi connectivity index (χ1v) is 11.0. The van der Waals surface area contributed by atoms with E-state index < -0.39 is 10.0 Å². The smallest absolute Gasteiger partial charge is 0.243 e. The number of hydrogen-bond donors (Lipinski definition) is 1. The van der Waals surface area contributed by atoms with Crippen LogP contribution in [0.1, 0.15) is 45.6 Å².